The zero-order valence-corrected chi connectivity index (χ0v) is 15.5. The van der Waals surface area contributed by atoms with Crippen LogP contribution in [-0.4, -0.2) is 41.5 Å². The minimum Gasteiger partial charge on any atom is -0.488 e. The van der Waals surface area contributed by atoms with Crippen LogP contribution in [-0.2, 0) is 6.54 Å². The lowest BCUT2D eigenvalue weighted by atomic mass is 10.2. The van der Waals surface area contributed by atoms with Crippen LogP contribution >= 0.6 is 0 Å². The third-order valence-electron chi connectivity index (χ3n) is 3.77. The molecule has 1 aromatic carbocycles. The smallest absolute Gasteiger partial charge is 0.191 e. The first-order chi connectivity index (χ1) is 12.7. The summed E-state index contributed by atoms with van der Waals surface area (Å²) in [5.74, 6) is 0.992. The maximum absolute atomic E-state index is 13.3. The predicted octanol–water partition coefficient (Wildman–Crippen LogP) is 2.83. The van der Waals surface area contributed by atoms with Gasteiger partial charge in [0.05, 0.1) is 6.54 Å². The van der Waals surface area contributed by atoms with Crippen molar-refractivity contribution in [2.45, 2.75) is 39.3 Å². The number of nitrogens with one attached hydrogen (secondary N) is 2. The van der Waals surface area contributed by atoms with E-state index in [1.807, 2.05) is 30.8 Å². The molecule has 0 radical (unpaired) electrons. The van der Waals surface area contributed by atoms with Crippen LogP contribution in [0.2, 0.25) is 0 Å². The van der Waals surface area contributed by atoms with E-state index in [-0.39, 0.29) is 11.9 Å². The first-order valence-corrected chi connectivity index (χ1v) is 9.13. The minimum atomic E-state index is -0.298. The number of ether oxygens (including phenoxy) is 1. The van der Waals surface area contributed by atoms with E-state index in [1.54, 1.807) is 18.3 Å². The third kappa shape index (κ3) is 7.13. The second-order valence-corrected chi connectivity index (χ2v) is 5.87. The van der Waals surface area contributed by atoms with E-state index in [0.717, 1.165) is 38.4 Å². The fourth-order valence-electron chi connectivity index (χ4n) is 2.40. The summed E-state index contributed by atoms with van der Waals surface area (Å²) in [6.07, 6.45) is 5.37. The molecule has 0 fully saturated rings. The normalized spacial score (nSPS) is 12.7. The summed E-state index contributed by atoms with van der Waals surface area (Å²) in [4.78, 5) is 4.59. The van der Waals surface area contributed by atoms with Crippen molar-refractivity contribution in [1.29, 1.82) is 0 Å². The molecular weight excluding hydrogens is 333 g/mol. The lowest BCUT2D eigenvalue weighted by Gasteiger charge is -2.17. The molecule has 6 nitrogen and oxygen atoms in total. The van der Waals surface area contributed by atoms with Crippen LogP contribution in [0.4, 0.5) is 4.39 Å². The highest BCUT2D eigenvalue weighted by Gasteiger charge is 2.09. The molecule has 0 aliphatic carbocycles. The summed E-state index contributed by atoms with van der Waals surface area (Å²) >= 11 is 0. The van der Waals surface area contributed by atoms with Crippen molar-refractivity contribution in [3.63, 3.8) is 0 Å². The Morgan fingerprint density at radius 1 is 1.31 bits per heavy atom. The van der Waals surface area contributed by atoms with Gasteiger partial charge in [-0.3, -0.25) is 4.68 Å². The first kappa shape index (κ1) is 19.8. The van der Waals surface area contributed by atoms with Gasteiger partial charge in [-0.15, -0.1) is 0 Å². The Balaban J connectivity index is 1.81. The molecule has 1 heterocycles. The van der Waals surface area contributed by atoms with Gasteiger partial charge >= 0.3 is 0 Å². The quantitative estimate of drug-likeness (QED) is 0.388. The largest absolute Gasteiger partial charge is 0.488 e. The molecule has 0 spiro atoms. The number of guanidine groups is 1. The molecule has 1 atom stereocenters. The van der Waals surface area contributed by atoms with Crippen LogP contribution in [0, 0.1) is 5.82 Å². The van der Waals surface area contributed by atoms with Gasteiger partial charge in [-0.25, -0.2) is 9.38 Å². The van der Waals surface area contributed by atoms with Crippen LogP contribution in [0.15, 0.2) is 47.7 Å². The Hall–Kier alpha value is -2.57. The Labute approximate surface area is 154 Å². The van der Waals surface area contributed by atoms with Gasteiger partial charge in [-0.1, -0.05) is 13.0 Å². The fourth-order valence-corrected chi connectivity index (χ4v) is 2.40. The van der Waals surface area contributed by atoms with Gasteiger partial charge in [-0.05, 0) is 38.0 Å². The van der Waals surface area contributed by atoms with E-state index in [9.17, 15) is 4.39 Å². The van der Waals surface area contributed by atoms with Crippen molar-refractivity contribution < 1.29 is 9.13 Å². The van der Waals surface area contributed by atoms with Crippen molar-refractivity contribution in [3.05, 3.63) is 48.5 Å². The molecule has 0 aliphatic heterocycles. The van der Waals surface area contributed by atoms with E-state index < -0.39 is 0 Å². The maximum Gasteiger partial charge on any atom is 0.191 e. The molecule has 2 aromatic rings. The molecule has 2 N–H and O–H groups in total. The predicted molar refractivity (Wildman–Crippen MR) is 102 cm³/mol. The Morgan fingerprint density at radius 3 is 2.88 bits per heavy atom. The lowest BCUT2D eigenvalue weighted by molar-refractivity contribution is 0.205. The number of hydrogen-bond acceptors (Lipinski definition) is 3. The van der Waals surface area contributed by atoms with Gasteiger partial charge in [0, 0.05) is 38.1 Å². The highest BCUT2D eigenvalue weighted by atomic mass is 19.1. The number of aryl methyl sites for hydroxylation is 1. The van der Waals surface area contributed by atoms with Gasteiger partial charge in [0.15, 0.2) is 5.96 Å². The average Bonchev–Trinajstić information content (AvgIpc) is 3.15. The number of benzene rings is 1. The van der Waals surface area contributed by atoms with E-state index >= 15 is 0 Å². The standard InChI is InChI=1S/C19H28FN5O/c1-3-17(26-18-9-5-8-16(20)14-18)15-23-19(21-4-2)22-10-6-12-25-13-7-11-24-25/h5,7-9,11,13-14,17H,3-4,6,10,12,15H2,1-2H3,(H2,21,22,23). The molecule has 0 bridgehead atoms. The molecule has 0 saturated carbocycles. The Kier molecular flexibility index (Phi) is 8.45. The van der Waals surface area contributed by atoms with Gasteiger partial charge < -0.3 is 15.4 Å². The fraction of sp³-hybridized carbons (Fsp3) is 0.474. The number of halogens is 1. The molecule has 0 amide bonds. The van der Waals surface area contributed by atoms with Crippen LogP contribution in [0.25, 0.3) is 0 Å². The Bertz CT molecular complexity index is 660. The highest BCUT2D eigenvalue weighted by molar-refractivity contribution is 5.79. The SMILES string of the molecule is CCNC(=NCC(CC)Oc1cccc(F)c1)NCCCn1cccn1. The Morgan fingerprint density at radius 2 is 2.19 bits per heavy atom. The number of nitrogens with zero attached hydrogens (tertiary/aromatic N) is 3. The molecule has 2 rings (SSSR count). The minimum absolute atomic E-state index is 0.101. The summed E-state index contributed by atoms with van der Waals surface area (Å²) in [5.41, 5.74) is 0. The van der Waals surface area contributed by atoms with Gasteiger partial charge in [0.1, 0.15) is 17.7 Å². The van der Waals surface area contributed by atoms with Crippen LogP contribution in [0.1, 0.15) is 26.7 Å². The van der Waals surface area contributed by atoms with Crippen molar-refractivity contribution in [1.82, 2.24) is 20.4 Å². The summed E-state index contributed by atoms with van der Waals surface area (Å²) in [5, 5.41) is 10.7. The monoisotopic (exact) mass is 361 g/mol. The second-order valence-electron chi connectivity index (χ2n) is 5.87. The number of rotatable bonds is 10. The van der Waals surface area contributed by atoms with Crippen LogP contribution in [0.5, 0.6) is 5.75 Å². The average molecular weight is 361 g/mol. The molecule has 1 aromatic heterocycles. The third-order valence-corrected chi connectivity index (χ3v) is 3.77. The molecule has 0 saturated heterocycles. The first-order valence-electron chi connectivity index (χ1n) is 9.13. The van der Waals surface area contributed by atoms with E-state index in [1.165, 1.54) is 12.1 Å². The summed E-state index contributed by atoms with van der Waals surface area (Å²) in [7, 11) is 0. The van der Waals surface area contributed by atoms with Crippen LogP contribution in [0.3, 0.4) is 0 Å². The topological polar surface area (TPSA) is 63.5 Å². The number of hydrogen-bond donors (Lipinski definition) is 2. The van der Waals surface area contributed by atoms with Crippen molar-refractivity contribution >= 4 is 5.96 Å². The van der Waals surface area contributed by atoms with Gasteiger partial charge in [-0.2, -0.15) is 5.10 Å². The molecule has 26 heavy (non-hydrogen) atoms. The lowest BCUT2D eigenvalue weighted by Crippen LogP contribution is -2.39. The van der Waals surface area contributed by atoms with E-state index in [0.29, 0.717) is 12.3 Å². The highest BCUT2D eigenvalue weighted by Crippen LogP contribution is 2.15. The van der Waals surface area contributed by atoms with E-state index in [4.69, 9.17) is 4.74 Å². The molecule has 142 valence electrons. The van der Waals surface area contributed by atoms with Crippen LogP contribution < -0.4 is 15.4 Å². The van der Waals surface area contributed by atoms with Gasteiger partial charge in [0.25, 0.3) is 0 Å². The van der Waals surface area contributed by atoms with Crippen molar-refractivity contribution in [2.75, 3.05) is 19.6 Å². The second kappa shape index (κ2) is 11.1. The number of aliphatic imine (C=N–C) groups is 1. The van der Waals surface area contributed by atoms with Gasteiger partial charge in [0.2, 0.25) is 0 Å². The van der Waals surface area contributed by atoms with Crippen molar-refractivity contribution in [2.24, 2.45) is 4.99 Å². The summed E-state index contributed by atoms with van der Waals surface area (Å²) in [6.45, 7) is 7.01. The molecule has 0 aliphatic rings. The zero-order valence-electron chi connectivity index (χ0n) is 15.5. The summed E-state index contributed by atoms with van der Waals surface area (Å²) in [6, 6.07) is 8.12. The molecular formula is C19H28FN5O. The molecule has 7 heteroatoms. The maximum atomic E-state index is 13.3. The van der Waals surface area contributed by atoms with E-state index in [2.05, 4.69) is 20.7 Å². The zero-order chi connectivity index (χ0) is 18.6. The number of aromatic nitrogens is 2. The van der Waals surface area contributed by atoms with Crippen molar-refractivity contribution in [3.8, 4) is 5.75 Å². The molecule has 1 unspecified atom stereocenters. The summed E-state index contributed by atoms with van der Waals surface area (Å²) < 4.78 is 21.0.